The third-order valence-corrected chi connectivity index (χ3v) is 5.73. The molecule has 11 heteroatoms. The number of anilines is 1. The molecule has 0 saturated heterocycles. The first-order valence-corrected chi connectivity index (χ1v) is 12.4. The second-order valence-corrected chi connectivity index (χ2v) is 10.3. The third-order valence-electron chi connectivity index (χ3n) is 5.73. The molecule has 1 aliphatic heterocycles. The van der Waals surface area contributed by atoms with Gasteiger partial charge in [0.2, 0.25) is 17.7 Å². The Morgan fingerprint density at radius 1 is 0.974 bits per heavy atom. The summed E-state index contributed by atoms with van der Waals surface area (Å²) in [6.45, 7) is 10.00. The molecule has 0 aliphatic carbocycles. The molecule has 1 aromatic rings. The molecule has 0 aromatic heterocycles. The molecule has 5 amide bonds. The first-order chi connectivity index (χ1) is 17.7. The number of rotatable bonds is 11. The zero-order chi connectivity index (χ0) is 28.6. The minimum atomic E-state index is -0.974. The summed E-state index contributed by atoms with van der Waals surface area (Å²) >= 11 is 0. The topological polar surface area (TPSA) is 151 Å². The minimum absolute atomic E-state index is 0.127. The van der Waals surface area contributed by atoms with E-state index in [1.807, 2.05) is 6.92 Å². The summed E-state index contributed by atoms with van der Waals surface area (Å²) in [5.41, 5.74) is 1.65. The molecule has 0 spiro atoms. The smallest absolute Gasteiger partial charge is 0.311 e. The molecule has 1 atom stereocenters. The van der Waals surface area contributed by atoms with Crippen molar-refractivity contribution < 1.29 is 33.5 Å². The van der Waals surface area contributed by atoms with Gasteiger partial charge in [0.05, 0.1) is 12.0 Å². The van der Waals surface area contributed by atoms with E-state index in [0.717, 1.165) is 28.2 Å². The van der Waals surface area contributed by atoms with Crippen molar-refractivity contribution >= 4 is 41.2 Å². The van der Waals surface area contributed by atoms with E-state index < -0.39 is 47.5 Å². The van der Waals surface area contributed by atoms with Gasteiger partial charge in [0, 0.05) is 17.8 Å². The van der Waals surface area contributed by atoms with E-state index in [9.17, 15) is 28.8 Å². The van der Waals surface area contributed by atoms with Gasteiger partial charge < -0.3 is 20.7 Å². The molecule has 38 heavy (non-hydrogen) atoms. The van der Waals surface area contributed by atoms with Crippen LogP contribution >= 0.6 is 0 Å². The quantitative estimate of drug-likeness (QED) is 0.291. The van der Waals surface area contributed by atoms with Gasteiger partial charge in [0.15, 0.2) is 0 Å². The standard InChI is InChI=1S/C27H36N4O7/c1-7-17-12-19(9-8-18(17)15-38-26(37)27(4,5)6)29-20(32)13-28-25(36)24(16(2)3)30-21(33)14-31-22(34)10-11-23(31)35/h8-12,16,24H,7,13-15H2,1-6H3,(H,28,36)(H,29,32)(H,30,33). The van der Waals surface area contributed by atoms with Crippen LogP contribution in [0.3, 0.4) is 0 Å². The van der Waals surface area contributed by atoms with E-state index in [1.165, 1.54) is 0 Å². The van der Waals surface area contributed by atoms with E-state index in [2.05, 4.69) is 16.0 Å². The summed E-state index contributed by atoms with van der Waals surface area (Å²) in [5.74, 6) is -3.55. The monoisotopic (exact) mass is 528 g/mol. The Balaban J connectivity index is 1.91. The van der Waals surface area contributed by atoms with Crippen LogP contribution in [0.2, 0.25) is 0 Å². The lowest BCUT2D eigenvalue weighted by Crippen LogP contribution is -2.53. The number of hydrogen-bond acceptors (Lipinski definition) is 7. The van der Waals surface area contributed by atoms with Gasteiger partial charge in [-0.05, 0) is 56.4 Å². The van der Waals surface area contributed by atoms with Crippen molar-refractivity contribution in [3.8, 4) is 0 Å². The fourth-order valence-corrected chi connectivity index (χ4v) is 3.50. The van der Waals surface area contributed by atoms with Crippen LogP contribution in [0, 0.1) is 11.3 Å². The van der Waals surface area contributed by atoms with E-state index in [4.69, 9.17) is 4.74 Å². The second kappa shape index (κ2) is 13.0. The van der Waals surface area contributed by atoms with E-state index in [-0.39, 0.29) is 25.0 Å². The first-order valence-electron chi connectivity index (χ1n) is 12.4. The molecular weight excluding hydrogens is 492 g/mol. The average molecular weight is 529 g/mol. The molecule has 3 N–H and O–H groups in total. The highest BCUT2D eigenvalue weighted by atomic mass is 16.5. The number of nitrogens with zero attached hydrogens (tertiary/aromatic N) is 1. The van der Waals surface area contributed by atoms with Gasteiger partial charge >= 0.3 is 5.97 Å². The van der Waals surface area contributed by atoms with Crippen LogP contribution in [0.1, 0.15) is 52.7 Å². The lowest BCUT2D eigenvalue weighted by atomic mass is 9.97. The van der Waals surface area contributed by atoms with Gasteiger partial charge in [0.1, 0.15) is 19.2 Å². The van der Waals surface area contributed by atoms with E-state index in [1.54, 1.807) is 52.8 Å². The van der Waals surface area contributed by atoms with Crippen molar-refractivity contribution in [2.24, 2.45) is 11.3 Å². The lowest BCUT2D eigenvalue weighted by Gasteiger charge is -2.23. The number of benzene rings is 1. The fraction of sp³-hybridized carbons (Fsp3) is 0.481. The summed E-state index contributed by atoms with van der Waals surface area (Å²) in [6.07, 6.45) is 2.79. The number of carbonyl (C=O) groups is 6. The Morgan fingerprint density at radius 3 is 2.16 bits per heavy atom. The van der Waals surface area contributed by atoms with E-state index >= 15 is 0 Å². The van der Waals surface area contributed by atoms with Gasteiger partial charge in [-0.1, -0.05) is 26.8 Å². The van der Waals surface area contributed by atoms with Crippen molar-refractivity contribution in [2.45, 2.75) is 60.6 Å². The highest BCUT2D eigenvalue weighted by molar-refractivity contribution is 6.14. The van der Waals surface area contributed by atoms with Crippen molar-refractivity contribution in [3.63, 3.8) is 0 Å². The SMILES string of the molecule is CCc1cc(NC(=O)CNC(=O)C(NC(=O)CN2C(=O)C=CC2=O)C(C)C)ccc1COC(=O)C(C)(C)C. The van der Waals surface area contributed by atoms with Gasteiger partial charge in [-0.3, -0.25) is 33.7 Å². The average Bonchev–Trinajstić information content (AvgIpc) is 3.15. The molecule has 0 bridgehead atoms. The van der Waals surface area contributed by atoms with E-state index in [0.29, 0.717) is 12.1 Å². The number of carbonyl (C=O) groups excluding carboxylic acids is 6. The van der Waals surface area contributed by atoms with Crippen LogP contribution in [0.5, 0.6) is 0 Å². The summed E-state index contributed by atoms with van der Waals surface area (Å²) in [6, 6.07) is 4.27. The van der Waals surface area contributed by atoms with Crippen LogP contribution in [-0.4, -0.2) is 59.5 Å². The lowest BCUT2D eigenvalue weighted by molar-refractivity contribution is -0.154. The largest absolute Gasteiger partial charge is 0.460 e. The van der Waals surface area contributed by atoms with Crippen molar-refractivity contribution in [1.82, 2.24) is 15.5 Å². The molecule has 1 aliphatic rings. The second-order valence-electron chi connectivity index (χ2n) is 10.3. The van der Waals surface area contributed by atoms with Crippen LogP contribution in [0.4, 0.5) is 5.69 Å². The highest BCUT2D eigenvalue weighted by Gasteiger charge is 2.29. The number of hydrogen-bond donors (Lipinski definition) is 3. The molecule has 1 aromatic carbocycles. The Morgan fingerprint density at radius 2 is 1.61 bits per heavy atom. The molecule has 0 fully saturated rings. The third kappa shape index (κ3) is 8.53. The maximum absolute atomic E-state index is 12.7. The summed E-state index contributed by atoms with van der Waals surface area (Å²) in [7, 11) is 0. The molecule has 1 heterocycles. The number of nitrogens with one attached hydrogen (secondary N) is 3. The molecule has 2 rings (SSSR count). The van der Waals surface area contributed by atoms with Gasteiger partial charge in [-0.25, -0.2) is 0 Å². The maximum atomic E-state index is 12.7. The Hall–Kier alpha value is -4.02. The zero-order valence-corrected chi connectivity index (χ0v) is 22.7. The molecule has 0 radical (unpaired) electrons. The molecule has 0 saturated carbocycles. The summed E-state index contributed by atoms with van der Waals surface area (Å²) in [4.78, 5) is 73.6. The molecule has 206 valence electrons. The molecule has 1 unspecified atom stereocenters. The number of ether oxygens (including phenoxy) is 1. The Labute approximate surface area is 222 Å². The maximum Gasteiger partial charge on any atom is 0.311 e. The minimum Gasteiger partial charge on any atom is -0.460 e. The Bertz CT molecular complexity index is 1120. The predicted molar refractivity (Wildman–Crippen MR) is 139 cm³/mol. The van der Waals surface area contributed by atoms with Crippen molar-refractivity contribution in [2.75, 3.05) is 18.4 Å². The molecular formula is C27H36N4O7. The number of amides is 5. The number of esters is 1. The van der Waals surface area contributed by atoms with Crippen LogP contribution in [0.15, 0.2) is 30.4 Å². The highest BCUT2D eigenvalue weighted by Crippen LogP contribution is 2.20. The number of imide groups is 1. The van der Waals surface area contributed by atoms with Gasteiger partial charge in [-0.2, -0.15) is 0 Å². The molecule has 11 nitrogen and oxygen atoms in total. The predicted octanol–water partition coefficient (Wildman–Crippen LogP) is 1.46. The van der Waals surface area contributed by atoms with Crippen LogP contribution in [0.25, 0.3) is 0 Å². The summed E-state index contributed by atoms with van der Waals surface area (Å²) in [5, 5.41) is 7.74. The van der Waals surface area contributed by atoms with Crippen LogP contribution in [-0.2, 0) is 46.5 Å². The first kappa shape index (κ1) is 30.2. The normalized spacial score (nSPS) is 13.9. The van der Waals surface area contributed by atoms with Gasteiger partial charge in [-0.15, -0.1) is 0 Å². The van der Waals surface area contributed by atoms with Crippen molar-refractivity contribution in [1.29, 1.82) is 0 Å². The van der Waals surface area contributed by atoms with Gasteiger partial charge in [0.25, 0.3) is 11.8 Å². The number of aryl methyl sites for hydroxylation is 1. The fourth-order valence-electron chi connectivity index (χ4n) is 3.50. The zero-order valence-electron chi connectivity index (χ0n) is 22.7. The Kier molecular flexibility index (Phi) is 10.3. The summed E-state index contributed by atoms with van der Waals surface area (Å²) < 4.78 is 5.39. The van der Waals surface area contributed by atoms with Crippen LogP contribution < -0.4 is 16.0 Å². The van der Waals surface area contributed by atoms with Crippen molar-refractivity contribution in [3.05, 3.63) is 41.5 Å².